The molecule has 1 aromatic heterocycles. The summed E-state index contributed by atoms with van der Waals surface area (Å²) in [5.74, 6) is 1.26. The van der Waals surface area contributed by atoms with Crippen molar-refractivity contribution < 1.29 is 23.4 Å². The van der Waals surface area contributed by atoms with Crippen LogP contribution in [0, 0.1) is 5.82 Å². The second-order valence-corrected chi connectivity index (χ2v) is 7.99. The zero-order valence-electron chi connectivity index (χ0n) is 19.7. The highest BCUT2D eigenvalue weighted by Gasteiger charge is 2.32. The molecule has 3 N–H and O–H groups in total. The number of nitrogens with zero attached hydrogens (tertiary/aromatic N) is 4. The Kier molecular flexibility index (Phi) is 7.25. The largest absolute Gasteiger partial charge is 0.493 e. The molecule has 0 fully saturated rings. The van der Waals surface area contributed by atoms with Crippen LogP contribution in [0.5, 0.6) is 11.5 Å². The van der Waals surface area contributed by atoms with Crippen molar-refractivity contribution in [3.8, 4) is 11.5 Å². The fourth-order valence-electron chi connectivity index (χ4n) is 4.16. The monoisotopic (exact) mass is 482 g/mol. The average Bonchev–Trinajstić information content (AvgIpc) is 2.85. The molecule has 10 nitrogen and oxygen atoms in total. The van der Waals surface area contributed by atoms with Gasteiger partial charge in [0.25, 0.3) is 0 Å². The third kappa shape index (κ3) is 5.57. The van der Waals surface area contributed by atoms with Crippen molar-refractivity contribution in [1.29, 1.82) is 0 Å². The number of aromatic nitrogens is 3. The van der Waals surface area contributed by atoms with Gasteiger partial charge in [0.15, 0.2) is 11.5 Å². The van der Waals surface area contributed by atoms with E-state index in [0.717, 1.165) is 17.5 Å². The van der Waals surface area contributed by atoms with Gasteiger partial charge in [-0.15, -0.1) is 0 Å². The Hall–Kier alpha value is -3.99. The number of halogens is 1. The summed E-state index contributed by atoms with van der Waals surface area (Å²) in [5.41, 5.74) is 8.57. The fourth-order valence-corrected chi connectivity index (χ4v) is 4.16. The van der Waals surface area contributed by atoms with E-state index in [1.165, 1.54) is 19.2 Å². The highest BCUT2D eigenvalue weighted by atomic mass is 19.1. The molecule has 1 aliphatic rings. The first-order chi connectivity index (χ1) is 16.9. The van der Waals surface area contributed by atoms with Gasteiger partial charge in [-0.3, -0.25) is 9.69 Å². The van der Waals surface area contributed by atoms with E-state index in [1.807, 2.05) is 12.1 Å². The lowest BCUT2D eigenvalue weighted by Crippen LogP contribution is -2.37. The van der Waals surface area contributed by atoms with Gasteiger partial charge < -0.3 is 25.3 Å². The average molecular weight is 483 g/mol. The molecular weight excluding hydrogens is 455 g/mol. The molecule has 4 rings (SSSR count). The number of carbonyl (C=O) groups excluding carboxylic acids is 1. The van der Waals surface area contributed by atoms with Crippen molar-refractivity contribution >= 4 is 23.6 Å². The molecule has 1 aliphatic heterocycles. The number of nitrogens with two attached hydrogens (primary N) is 1. The first-order valence-electron chi connectivity index (χ1n) is 11.0. The van der Waals surface area contributed by atoms with Gasteiger partial charge in [0.2, 0.25) is 11.9 Å². The summed E-state index contributed by atoms with van der Waals surface area (Å²) >= 11 is 0. The molecule has 0 unspecified atom stereocenters. The third-order valence-corrected chi connectivity index (χ3v) is 5.85. The van der Waals surface area contributed by atoms with E-state index in [1.54, 1.807) is 26.4 Å². The topological polar surface area (TPSA) is 125 Å². The number of carbonyl (C=O) groups is 1. The maximum absolute atomic E-state index is 13.2. The van der Waals surface area contributed by atoms with Gasteiger partial charge in [-0.1, -0.05) is 0 Å². The van der Waals surface area contributed by atoms with Crippen LogP contribution in [0.1, 0.15) is 29.4 Å². The predicted octanol–water partition coefficient (Wildman–Crippen LogP) is 3.02. The van der Waals surface area contributed by atoms with Crippen LogP contribution in [-0.2, 0) is 22.5 Å². The molecule has 3 aromatic rings. The van der Waals surface area contributed by atoms with Crippen LogP contribution in [-0.4, -0.2) is 53.7 Å². The van der Waals surface area contributed by atoms with Crippen LogP contribution in [0.15, 0.2) is 36.4 Å². The number of anilines is 3. The molecule has 35 heavy (non-hydrogen) atoms. The second-order valence-electron chi connectivity index (χ2n) is 7.99. The minimum atomic E-state index is -0.345. The Bertz CT molecular complexity index is 1210. The van der Waals surface area contributed by atoms with E-state index in [2.05, 4.69) is 25.2 Å². The number of nitrogen functional groups attached to an aromatic ring is 1. The van der Waals surface area contributed by atoms with Crippen LogP contribution in [0.4, 0.5) is 22.0 Å². The van der Waals surface area contributed by atoms with Crippen molar-refractivity contribution in [2.24, 2.45) is 0 Å². The molecule has 0 aliphatic carbocycles. The van der Waals surface area contributed by atoms with Crippen molar-refractivity contribution in [2.75, 3.05) is 38.9 Å². The summed E-state index contributed by atoms with van der Waals surface area (Å²) in [6.07, 6.45) is 0.870. The molecule has 0 bridgehead atoms. The third-order valence-electron chi connectivity index (χ3n) is 5.85. The minimum Gasteiger partial charge on any atom is -0.493 e. The lowest BCUT2D eigenvalue weighted by Gasteiger charge is -2.36. The molecule has 2 aromatic carbocycles. The molecule has 2 heterocycles. The van der Waals surface area contributed by atoms with Gasteiger partial charge in [-0.25, -0.2) is 4.39 Å². The minimum absolute atomic E-state index is 0.0490. The summed E-state index contributed by atoms with van der Waals surface area (Å²) in [7, 11) is 4.53. The van der Waals surface area contributed by atoms with E-state index in [9.17, 15) is 9.18 Å². The van der Waals surface area contributed by atoms with Crippen LogP contribution in [0.3, 0.4) is 0 Å². The molecule has 0 spiro atoms. The normalized spacial score (nSPS) is 15.3. The molecule has 0 radical (unpaired) electrons. The number of methoxy groups -OCH3 is 3. The van der Waals surface area contributed by atoms with E-state index in [0.29, 0.717) is 36.1 Å². The summed E-state index contributed by atoms with van der Waals surface area (Å²) in [5, 5.41) is 3.01. The number of rotatable bonds is 8. The van der Waals surface area contributed by atoms with Gasteiger partial charge >= 0.3 is 5.97 Å². The molecule has 184 valence electrons. The Morgan fingerprint density at radius 3 is 2.51 bits per heavy atom. The van der Waals surface area contributed by atoms with Gasteiger partial charge in [0, 0.05) is 18.3 Å². The lowest BCUT2D eigenvalue weighted by molar-refractivity contribution is -0.142. The maximum Gasteiger partial charge on any atom is 0.307 e. The second kappa shape index (κ2) is 10.5. The van der Waals surface area contributed by atoms with Gasteiger partial charge in [-0.05, 0) is 53.9 Å². The predicted molar refractivity (Wildman–Crippen MR) is 127 cm³/mol. The summed E-state index contributed by atoms with van der Waals surface area (Å²) in [6.45, 7) is 0.969. The van der Waals surface area contributed by atoms with Crippen molar-refractivity contribution in [3.63, 3.8) is 0 Å². The first-order valence-corrected chi connectivity index (χ1v) is 11.0. The molecule has 0 saturated carbocycles. The van der Waals surface area contributed by atoms with Crippen molar-refractivity contribution in [3.05, 3.63) is 59.2 Å². The molecule has 0 amide bonds. The summed E-state index contributed by atoms with van der Waals surface area (Å²) in [6, 6.07) is 9.37. The van der Waals surface area contributed by atoms with Gasteiger partial charge in [0.1, 0.15) is 11.6 Å². The van der Waals surface area contributed by atoms with Crippen LogP contribution in [0.2, 0.25) is 0 Å². The van der Waals surface area contributed by atoms with Crippen molar-refractivity contribution in [1.82, 2.24) is 19.9 Å². The molecule has 1 atom stereocenters. The number of hydrogen-bond donors (Lipinski definition) is 2. The van der Waals surface area contributed by atoms with Gasteiger partial charge in [-0.2, -0.15) is 15.0 Å². The van der Waals surface area contributed by atoms with Crippen LogP contribution >= 0.6 is 0 Å². The Balaban J connectivity index is 1.63. The van der Waals surface area contributed by atoms with E-state index >= 15 is 0 Å². The standard InChI is InChI=1S/C24H27FN6O4/c1-33-19-10-14-8-9-31(18(12-22(32)35-3)17(14)11-20(19)34-2)13-21-28-23(26)30-24(29-21)27-16-6-4-15(25)5-7-16/h4-7,10-11,18H,8-9,12-13H2,1-3H3,(H3,26,27,28,29,30)/t18-/m0/s1. The van der Waals surface area contributed by atoms with Crippen LogP contribution < -0.4 is 20.5 Å². The first kappa shape index (κ1) is 24.1. The smallest absolute Gasteiger partial charge is 0.307 e. The quantitative estimate of drug-likeness (QED) is 0.463. The lowest BCUT2D eigenvalue weighted by atomic mass is 9.90. The zero-order valence-corrected chi connectivity index (χ0v) is 19.7. The number of hydrogen-bond acceptors (Lipinski definition) is 10. The number of esters is 1. The zero-order chi connectivity index (χ0) is 24.9. The molecular formula is C24H27FN6O4. The SMILES string of the molecule is COC(=O)C[C@H]1c2cc(OC)c(OC)cc2CCN1Cc1nc(N)nc(Nc2ccc(F)cc2)n1. The summed E-state index contributed by atoms with van der Waals surface area (Å²) < 4.78 is 29.1. The highest BCUT2D eigenvalue weighted by Crippen LogP contribution is 2.40. The highest BCUT2D eigenvalue weighted by molar-refractivity contribution is 5.70. The molecule has 11 heteroatoms. The number of benzene rings is 2. The maximum atomic E-state index is 13.2. The number of nitrogens with one attached hydrogen (secondary N) is 1. The van der Waals surface area contributed by atoms with Crippen LogP contribution in [0.25, 0.3) is 0 Å². The number of fused-ring (bicyclic) bond motifs is 1. The fraction of sp³-hybridized carbons (Fsp3) is 0.333. The van der Waals surface area contributed by atoms with E-state index in [-0.39, 0.29) is 36.1 Å². The Morgan fingerprint density at radius 2 is 1.83 bits per heavy atom. The Morgan fingerprint density at radius 1 is 1.11 bits per heavy atom. The van der Waals surface area contributed by atoms with Gasteiger partial charge in [0.05, 0.1) is 34.3 Å². The summed E-state index contributed by atoms with van der Waals surface area (Å²) in [4.78, 5) is 27.3. The molecule has 0 saturated heterocycles. The Labute approximate surface area is 202 Å². The van der Waals surface area contributed by atoms with E-state index < -0.39 is 0 Å². The van der Waals surface area contributed by atoms with E-state index in [4.69, 9.17) is 19.9 Å². The number of ether oxygens (including phenoxy) is 3. The van der Waals surface area contributed by atoms with Crippen molar-refractivity contribution in [2.45, 2.75) is 25.4 Å².